The van der Waals surface area contributed by atoms with Crippen LogP contribution in [0, 0.1) is 0 Å². The molecule has 3 N–H and O–H groups in total. The zero-order valence-electron chi connectivity index (χ0n) is 16.0. The molecule has 0 amide bonds. The molecule has 144 valence electrons. The summed E-state index contributed by atoms with van der Waals surface area (Å²) < 4.78 is 0. The Morgan fingerprint density at radius 3 is 2.52 bits per heavy atom. The number of hydrogen-bond donors (Lipinski definition) is 3. The molecule has 1 aromatic heterocycles. The van der Waals surface area contributed by atoms with Gasteiger partial charge in [0.1, 0.15) is 11.6 Å². The molecule has 0 saturated carbocycles. The Labute approximate surface area is 169 Å². The Balaban J connectivity index is 1.67. The molecule has 4 aromatic rings. The van der Waals surface area contributed by atoms with Crippen molar-refractivity contribution >= 4 is 16.7 Å². The summed E-state index contributed by atoms with van der Waals surface area (Å²) >= 11 is 0. The molecule has 0 aliphatic carbocycles. The largest absolute Gasteiger partial charge is 0.507 e. The fourth-order valence-corrected chi connectivity index (χ4v) is 3.80. The van der Waals surface area contributed by atoms with Crippen molar-refractivity contribution in [3.63, 3.8) is 0 Å². The molecule has 0 bridgehead atoms. The molecule has 1 atom stereocenters. The first-order chi connectivity index (χ1) is 14.3. The minimum absolute atomic E-state index is 0.182. The number of anilines is 1. The van der Waals surface area contributed by atoms with Gasteiger partial charge in [0.15, 0.2) is 5.82 Å². The fraction of sp³-hybridized carbons (Fsp3) is 0.167. The highest BCUT2D eigenvalue weighted by atomic mass is 16.3. The van der Waals surface area contributed by atoms with Gasteiger partial charge >= 0.3 is 0 Å². The molecular formula is C24H22N4O. The third kappa shape index (κ3) is 3.52. The Kier molecular flexibility index (Phi) is 4.58. The summed E-state index contributed by atoms with van der Waals surface area (Å²) in [7, 11) is 0. The van der Waals surface area contributed by atoms with Crippen molar-refractivity contribution in [2.75, 3.05) is 18.4 Å². The van der Waals surface area contributed by atoms with Crippen molar-refractivity contribution in [3.05, 3.63) is 72.8 Å². The van der Waals surface area contributed by atoms with Crippen LogP contribution in [0.2, 0.25) is 0 Å². The quantitative estimate of drug-likeness (QED) is 0.487. The number of phenolic OH excluding ortho intramolecular Hbond substituents is 1. The third-order valence-corrected chi connectivity index (χ3v) is 5.35. The van der Waals surface area contributed by atoms with Gasteiger partial charge in [0.25, 0.3) is 0 Å². The average Bonchev–Trinajstić information content (AvgIpc) is 3.27. The second-order valence-corrected chi connectivity index (χ2v) is 7.34. The fourth-order valence-electron chi connectivity index (χ4n) is 3.80. The Morgan fingerprint density at radius 2 is 1.72 bits per heavy atom. The first kappa shape index (κ1) is 17.6. The lowest BCUT2D eigenvalue weighted by Gasteiger charge is -2.16. The van der Waals surface area contributed by atoms with Gasteiger partial charge in [0.05, 0.1) is 11.1 Å². The molecule has 5 heteroatoms. The van der Waals surface area contributed by atoms with Gasteiger partial charge in [-0.15, -0.1) is 0 Å². The third-order valence-electron chi connectivity index (χ3n) is 5.35. The van der Waals surface area contributed by atoms with Crippen LogP contribution in [0.4, 0.5) is 5.82 Å². The monoisotopic (exact) mass is 382 g/mol. The predicted octanol–water partition coefficient (Wildman–Crippen LogP) is 4.44. The number of nitrogens with one attached hydrogen (secondary N) is 2. The van der Waals surface area contributed by atoms with Gasteiger partial charge in [-0.2, -0.15) is 0 Å². The second kappa shape index (κ2) is 7.53. The predicted molar refractivity (Wildman–Crippen MR) is 117 cm³/mol. The van der Waals surface area contributed by atoms with Crippen LogP contribution in [0.25, 0.3) is 33.4 Å². The Bertz CT molecular complexity index is 1150. The van der Waals surface area contributed by atoms with Gasteiger partial charge in [0.2, 0.25) is 0 Å². The van der Waals surface area contributed by atoms with Crippen molar-refractivity contribution < 1.29 is 5.11 Å². The van der Waals surface area contributed by atoms with Crippen LogP contribution in [-0.4, -0.2) is 34.2 Å². The average molecular weight is 382 g/mol. The lowest BCUT2D eigenvalue weighted by molar-refractivity contribution is 0.477. The first-order valence-electron chi connectivity index (χ1n) is 9.91. The van der Waals surface area contributed by atoms with Crippen LogP contribution in [-0.2, 0) is 0 Å². The van der Waals surface area contributed by atoms with Gasteiger partial charge in [-0.05, 0) is 48.4 Å². The summed E-state index contributed by atoms with van der Waals surface area (Å²) in [5, 5.41) is 18.3. The normalized spacial score (nSPS) is 16.2. The number of fused-ring (bicyclic) bond motifs is 1. The minimum atomic E-state index is 0.182. The van der Waals surface area contributed by atoms with Crippen molar-refractivity contribution in [3.8, 4) is 28.3 Å². The van der Waals surface area contributed by atoms with E-state index in [0.717, 1.165) is 47.4 Å². The van der Waals surface area contributed by atoms with E-state index in [1.54, 1.807) is 12.1 Å². The number of phenols is 1. The lowest BCUT2D eigenvalue weighted by atomic mass is 10.0. The molecule has 0 spiro atoms. The second-order valence-electron chi connectivity index (χ2n) is 7.34. The van der Waals surface area contributed by atoms with E-state index in [4.69, 9.17) is 9.97 Å². The van der Waals surface area contributed by atoms with E-state index in [1.807, 2.05) is 36.4 Å². The number of benzene rings is 3. The molecule has 1 aliphatic heterocycles. The lowest BCUT2D eigenvalue weighted by Crippen LogP contribution is -2.23. The van der Waals surface area contributed by atoms with E-state index in [-0.39, 0.29) is 5.75 Å². The van der Waals surface area contributed by atoms with E-state index in [1.165, 1.54) is 0 Å². The molecule has 5 nitrogen and oxygen atoms in total. The zero-order valence-corrected chi connectivity index (χ0v) is 16.0. The van der Waals surface area contributed by atoms with Crippen molar-refractivity contribution in [2.24, 2.45) is 0 Å². The van der Waals surface area contributed by atoms with E-state index in [0.29, 0.717) is 17.4 Å². The topological polar surface area (TPSA) is 70.1 Å². The maximum Gasteiger partial charge on any atom is 0.165 e. The summed E-state index contributed by atoms with van der Waals surface area (Å²) in [5.74, 6) is 1.51. The Hall–Kier alpha value is -3.44. The summed E-state index contributed by atoms with van der Waals surface area (Å²) in [4.78, 5) is 9.57. The number of para-hydroxylation sites is 1. The minimum Gasteiger partial charge on any atom is -0.507 e. The van der Waals surface area contributed by atoms with Crippen LogP contribution in [0.3, 0.4) is 0 Å². The zero-order chi connectivity index (χ0) is 19.6. The molecule has 29 heavy (non-hydrogen) atoms. The molecule has 1 fully saturated rings. The molecule has 0 radical (unpaired) electrons. The highest BCUT2D eigenvalue weighted by Gasteiger charge is 2.18. The molecule has 1 saturated heterocycles. The SMILES string of the molecule is Oc1ccccc1-c1nc(N[C@H]2CCNC2)c2cc(-c3ccccc3)ccc2n1. The summed E-state index contributed by atoms with van der Waals surface area (Å²) in [5.41, 5.74) is 3.78. The van der Waals surface area contributed by atoms with Crippen LogP contribution in [0.5, 0.6) is 5.75 Å². The van der Waals surface area contributed by atoms with Gasteiger partial charge in [-0.25, -0.2) is 9.97 Å². The van der Waals surface area contributed by atoms with E-state index in [9.17, 15) is 5.11 Å². The van der Waals surface area contributed by atoms with E-state index in [2.05, 4.69) is 34.9 Å². The highest BCUT2D eigenvalue weighted by Crippen LogP contribution is 2.32. The molecule has 0 unspecified atom stereocenters. The molecular weight excluding hydrogens is 360 g/mol. The number of aromatic hydroxyl groups is 1. The first-order valence-corrected chi connectivity index (χ1v) is 9.91. The van der Waals surface area contributed by atoms with Crippen molar-refractivity contribution in [1.82, 2.24) is 15.3 Å². The Morgan fingerprint density at radius 1 is 0.897 bits per heavy atom. The number of nitrogens with zero attached hydrogens (tertiary/aromatic N) is 2. The van der Waals surface area contributed by atoms with Crippen molar-refractivity contribution in [1.29, 1.82) is 0 Å². The van der Waals surface area contributed by atoms with Crippen LogP contribution >= 0.6 is 0 Å². The molecule has 2 heterocycles. The van der Waals surface area contributed by atoms with Crippen LogP contribution in [0.1, 0.15) is 6.42 Å². The van der Waals surface area contributed by atoms with E-state index < -0.39 is 0 Å². The van der Waals surface area contributed by atoms with Crippen LogP contribution in [0.15, 0.2) is 72.8 Å². The van der Waals surface area contributed by atoms with Crippen molar-refractivity contribution in [2.45, 2.75) is 12.5 Å². The van der Waals surface area contributed by atoms with Gasteiger partial charge in [-0.1, -0.05) is 48.5 Å². The molecule has 3 aromatic carbocycles. The summed E-state index contributed by atoms with van der Waals surface area (Å²) in [6, 6.07) is 24.1. The number of rotatable bonds is 4. The summed E-state index contributed by atoms with van der Waals surface area (Å²) in [6.45, 7) is 1.91. The summed E-state index contributed by atoms with van der Waals surface area (Å²) in [6.07, 6.45) is 1.05. The van der Waals surface area contributed by atoms with E-state index >= 15 is 0 Å². The maximum atomic E-state index is 10.3. The smallest absolute Gasteiger partial charge is 0.165 e. The number of hydrogen-bond acceptors (Lipinski definition) is 5. The van der Waals surface area contributed by atoms with Crippen LogP contribution < -0.4 is 10.6 Å². The standard InChI is InChI=1S/C24H22N4O/c29-22-9-5-4-8-19(22)23-27-21-11-10-17(16-6-2-1-3-7-16)14-20(21)24(28-23)26-18-12-13-25-15-18/h1-11,14,18,25,29H,12-13,15H2,(H,26,27,28)/t18-/m0/s1. The molecule has 1 aliphatic rings. The maximum absolute atomic E-state index is 10.3. The molecule has 5 rings (SSSR count). The van der Waals surface area contributed by atoms with Gasteiger partial charge in [0, 0.05) is 18.0 Å². The van der Waals surface area contributed by atoms with Gasteiger partial charge in [-0.3, -0.25) is 0 Å². The van der Waals surface area contributed by atoms with Gasteiger partial charge < -0.3 is 15.7 Å². The number of aromatic nitrogens is 2. The highest BCUT2D eigenvalue weighted by molar-refractivity contribution is 5.94.